The molecule has 0 aromatic rings. The van der Waals surface area contributed by atoms with E-state index >= 15 is 0 Å². The van der Waals surface area contributed by atoms with Gasteiger partial charge in [0, 0.05) is 45.7 Å². The van der Waals surface area contributed by atoms with E-state index in [0.29, 0.717) is 37.7 Å². The molecule has 3 heterocycles. The van der Waals surface area contributed by atoms with Crippen LogP contribution in [0.2, 0.25) is 0 Å². The van der Waals surface area contributed by atoms with Gasteiger partial charge in [0.05, 0.1) is 48.1 Å². The van der Waals surface area contributed by atoms with Crippen LogP contribution in [0.3, 0.4) is 0 Å². The summed E-state index contributed by atoms with van der Waals surface area (Å²) in [5, 5.41) is 71.2. The minimum Gasteiger partial charge on any atom is -0.456 e. The van der Waals surface area contributed by atoms with Crippen LogP contribution in [-0.2, 0) is 52.2 Å². The molecule has 0 radical (unpaired) electrons. The molecule has 7 rings (SSSR count). The van der Waals surface area contributed by atoms with Gasteiger partial charge < -0.3 is 78.0 Å². The molecule has 0 spiro atoms. The van der Waals surface area contributed by atoms with Crippen molar-refractivity contribution in [1.29, 1.82) is 0 Å². The maximum absolute atomic E-state index is 12.8. The molecule has 6 fully saturated rings. The molecular weight excluding hydrogens is 837 g/mol. The second-order valence-corrected chi connectivity index (χ2v) is 20.2. The highest BCUT2D eigenvalue weighted by molar-refractivity contribution is 5.87. The van der Waals surface area contributed by atoms with Crippen LogP contribution in [0.15, 0.2) is 23.3 Å². The lowest BCUT2D eigenvalue weighted by atomic mass is 9.42. The molecule has 4 aliphatic carbocycles. The van der Waals surface area contributed by atoms with Gasteiger partial charge in [-0.15, -0.1) is 0 Å². The maximum atomic E-state index is 12.8. The Bertz CT molecular complexity index is 1730. The van der Waals surface area contributed by atoms with E-state index < -0.39 is 132 Å². The molecule has 0 bridgehead atoms. The zero-order valence-electron chi connectivity index (χ0n) is 39.5. The van der Waals surface area contributed by atoms with Crippen LogP contribution in [-0.4, -0.2) is 173 Å². The summed E-state index contributed by atoms with van der Waals surface area (Å²) in [5.41, 5.74) is -6.03. The van der Waals surface area contributed by atoms with Gasteiger partial charge in [-0.3, -0.25) is 0 Å². The SMILES string of the molecule is C/C=C(\C)C(=O)O[C@@H](C)[C@]1(O)CC[C@@]2(O)[C@]1(C)[C@H](O)C[C@@H]1[C@@]3(C)CC[C@H](O[C@H]4C[C@H](OC)[C@H](O[C@H]5C[C@H](OC)[C@H](O[C@@H]6O[C@H](C)[C@@H](O)[C@H](OC)[C@H]6O)[C@@H](C)O5)[C@@H](C)O4)CC3=CC[C@]12O. The molecule has 17 heteroatoms. The number of hydrogen-bond acceptors (Lipinski definition) is 17. The fourth-order valence-corrected chi connectivity index (χ4v) is 12.9. The van der Waals surface area contributed by atoms with E-state index in [1.807, 2.05) is 19.9 Å². The van der Waals surface area contributed by atoms with Crippen molar-refractivity contribution in [2.75, 3.05) is 21.3 Å². The van der Waals surface area contributed by atoms with Crippen LogP contribution in [0, 0.1) is 16.7 Å². The van der Waals surface area contributed by atoms with Crippen molar-refractivity contribution < 1.29 is 82.8 Å². The van der Waals surface area contributed by atoms with Crippen LogP contribution in [0.5, 0.6) is 0 Å². The van der Waals surface area contributed by atoms with Crippen molar-refractivity contribution in [2.45, 2.75) is 228 Å². The number of methoxy groups -OCH3 is 3. The number of hydrogen-bond donors (Lipinski definition) is 6. The average Bonchev–Trinajstić information content (AvgIpc) is 3.49. The van der Waals surface area contributed by atoms with E-state index in [0.717, 1.165) is 5.57 Å². The zero-order valence-corrected chi connectivity index (χ0v) is 39.5. The Morgan fingerprint density at radius 2 is 1.41 bits per heavy atom. The summed E-state index contributed by atoms with van der Waals surface area (Å²) in [6, 6.07) is 0. The summed E-state index contributed by atoms with van der Waals surface area (Å²) in [6.07, 6.45) is -5.05. The third-order valence-corrected chi connectivity index (χ3v) is 17.2. The molecule has 17 nitrogen and oxygen atoms in total. The molecular formula is C47H76O17. The van der Waals surface area contributed by atoms with Crippen molar-refractivity contribution in [3.05, 3.63) is 23.3 Å². The summed E-state index contributed by atoms with van der Waals surface area (Å²) in [7, 11) is 4.62. The molecule has 366 valence electrons. The van der Waals surface area contributed by atoms with Crippen molar-refractivity contribution in [3.63, 3.8) is 0 Å². The number of allylic oxidation sites excluding steroid dienone is 1. The Kier molecular flexibility index (Phi) is 14.7. The van der Waals surface area contributed by atoms with Crippen LogP contribution < -0.4 is 0 Å². The third-order valence-electron chi connectivity index (χ3n) is 17.2. The Labute approximate surface area is 377 Å². The molecule has 6 N–H and O–H groups in total. The van der Waals surface area contributed by atoms with Crippen LogP contribution in [0.4, 0.5) is 0 Å². The number of aliphatic hydroxyl groups excluding tert-OH is 3. The maximum Gasteiger partial charge on any atom is 0.333 e. The summed E-state index contributed by atoms with van der Waals surface area (Å²) in [5.74, 6) is -1.10. The molecule has 22 atom stereocenters. The second-order valence-electron chi connectivity index (χ2n) is 20.2. The van der Waals surface area contributed by atoms with E-state index in [1.165, 1.54) is 7.11 Å². The van der Waals surface area contributed by atoms with Gasteiger partial charge in [0.25, 0.3) is 0 Å². The molecule has 64 heavy (non-hydrogen) atoms. The van der Waals surface area contributed by atoms with Crippen molar-refractivity contribution in [1.82, 2.24) is 0 Å². The standard InChI is InChI=1S/C47H76O17/c1-12-23(2)41(51)61-27(6)45(52)17-18-47(54)44(45,8)33(48)22-32-43(7)15-14-29(19-28(43)13-16-46(32,47)53)62-34-20-30(55-9)38(25(4)58-34)63-35-21-31(56-10)39(26(5)59-35)64-42-37(50)40(57-11)36(49)24(3)60-42/h12-13,24-27,29-40,42,48-50,52-54H,14-22H2,1-11H3/b23-12+/t24-,25-,26-,27+,29+,30+,31+,32-,33-,34+,35+,36-,37-,38-,39-,40+,42+,43+,44-,45-,46+,47-/m1/s1. The van der Waals surface area contributed by atoms with E-state index in [-0.39, 0.29) is 31.8 Å². The summed E-state index contributed by atoms with van der Waals surface area (Å²) in [4.78, 5) is 12.8. The van der Waals surface area contributed by atoms with E-state index in [4.69, 9.17) is 47.4 Å². The summed E-state index contributed by atoms with van der Waals surface area (Å²) >= 11 is 0. The van der Waals surface area contributed by atoms with Gasteiger partial charge in [-0.25, -0.2) is 4.79 Å². The number of aliphatic hydroxyl groups is 6. The van der Waals surface area contributed by atoms with Gasteiger partial charge >= 0.3 is 5.97 Å². The van der Waals surface area contributed by atoms with Gasteiger partial charge in [0.1, 0.15) is 53.4 Å². The van der Waals surface area contributed by atoms with Crippen LogP contribution >= 0.6 is 0 Å². The average molecular weight is 913 g/mol. The molecule has 3 saturated carbocycles. The lowest BCUT2D eigenvalue weighted by Crippen LogP contribution is -2.78. The predicted octanol–water partition coefficient (Wildman–Crippen LogP) is 2.72. The fourth-order valence-electron chi connectivity index (χ4n) is 12.9. The highest BCUT2D eigenvalue weighted by atomic mass is 16.8. The number of ether oxygens (including phenoxy) is 10. The van der Waals surface area contributed by atoms with Crippen molar-refractivity contribution >= 4 is 5.97 Å². The minimum atomic E-state index is -1.88. The summed E-state index contributed by atoms with van der Waals surface area (Å²) < 4.78 is 60.9. The Morgan fingerprint density at radius 1 is 0.797 bits per heavy atom. The zero-order chi connectivity index (χ0) is 46.9. The molecule has 0 aromatic carbocycles. The van der Waals surface area contributed by atoms with Crippen LogP contribution in [0.25, 0.3) is 0 Å². The molecule has 3 aliphatic heterocycles. The Balaban J connectivity index is 0.976. The van der Waals surface area contributed by atoms with Crippen molar-refractivity contribution in [3.8, 4) is 0 Å². The first kappa shape index (κ1) is 50.2. The molecule has 0 unspecified atom stereocenters. The largest absolute Gasteiger partial charge is 0.456 e. The molecule has 0 amide bonds. The lowest BCUT2D eigenvalue weighted by molar-refractivity contribution is -0.352. The fraction of sp³-hybridized carbons (Fsp3) is 0.894. The molecule has 7 aliphatic rings. The minimum absolute atomic E-state index is 0.0261. The lowest BCUT2D eigenvalue weighted by Gasteiger charge is -2.67. The first-order valence-corrected chi connectivity index (χ1v) is 23.3. The van der Waals surface area contributed by atoms with Gasteiger partial charge in [-0.05, 0) is 91.9 Å². The quantitative estimate of drug-likeness (QED) is 0.0939. The summed E-state index contributed by atoms with van der Waals surface area (Å²) in [6.45, 7) is 14.1. The smallest absolute Gasteiger partial charge is 0.333 e. The highest BCUT2D eigenvalue weighted by Crippen LogP contribution is 2.71. The van der Waals surface area contributed by atoms with E-state index in [9.17, 15) is 35.4 Å². The molecule has 0 aromatic heterocycles. The van der Waals surface area contributed by atoms with Crippen LogP contribution in [0.1, 0.15) is 113 Å². The first-order chi connectivity index (χ1) is 30.1. The van der Waals surface area contributed by atoms with Gasteiger partial charge in [-0.2, -0.15) is 0 Å². The number of fused-ring (bicyclic) bond motifs is 5. The molecule has 3 saturated heterocycles. The van der Waals surface area contributed by atoms with Gasteiger partial charge in [0.2, 0.25) is 0 Å². The number of esters is 1. The van der Waals surface area contributed by atoms with Gasteiger partial charge in [0.15, 0.2) is 18.9 Å². The van der Waals surface area contributed by atoms with Crippen molar-refractivity contribution in [2.24, 2.45) is 16.7 Å². The Hall–Kier alpha value is -1.65. The normalized spacial score (nSPS) is 51.3. The second kappa shape index (κ2) is 18.7. The third kappa shape index (κ3) is 8.07. The van der Waals surface area contributed by atoms with Gasteiger partial charge in [-0.1, -0.05) is 31.6 Å². The Morgan fingerprint density at radius 3 is 2.00 bits per heavy atom. The number of carbonyl (C=O) groups excluding carboxylic acids is 1. The van der Waals surface area contributed by atoms with E-state index in [1.54, 1.807) is 54.9 Å². The number of carbonyl (C=O) groups is 1. The first-order valence-electron chi connectivity index (χ1n) is 23.3. The van der Waals surface area contributed by atoms with E-state index in [2.05, 4.69) is 6.92 Å². The highest BCUT2D eigenvalue weighted by Gasteiger charge is 2.80. The number of rotatable bonds is 12. The monoisotopic (exact) mass is 913 g/mol. The predicted molar refractivity (Wildman–Crippen MR) is 227 cm³/mol. The topological polar surface area (TPSA) is 231 Å².